The molecule has 19 heavy (non-hydrogen) atoms. The Morgan fingerprint density at radius 2 is 2.16 bits per heavy atom. The highest BCUT2D eigenvalue weighted by molar-refractivity contribution is 7.20. The predicted octanol–water partition coefficient (Wildman–Crippen LogP) is 1.66. The molecule has 1 aliphatic rings. The molecule has 0 bridgehead atoms. The van der Waals surface area contributed by atoms with Gasteiger partial charge in [0, 0.05) is 35.8 Å². The van der Waals surface area contributed by atoms with E-state index < -0.39 is 0 Å². The third-order valence-electron chi connectivity index (χ3n) is 3.53. The number of thiazole rings is 1. The normalized spacial score (nSPS) is 13.1. The highest BCUT2D eigenvalue weighted by Crippen LogP contribution is 2.34. The highest BCUT2D eigenvalue weighted by Gasteiger charge is 2.32. The maximum atomic E-state index is 4.71. The van der Waals surface area contributed by atoms with Crippen molar-refractivity contribution >= 4 is 27.5 Å². The van der Waals surface area contributed by atoms with Crippen molar-refractivity contribution in [1.29, 1.82) is 0 Å². The Hall–Kier alpha value is -2.34. The number of pyridine rings is 1. The first-order chi connectivity index (χ1) is 9.42. The quantitative estimate of drug-likeness (QED) is 0.400. The molecule has 5 rings (SSSR count). The number of imidazole rings is 1. The molecule has 0 aromatic carbocycles. The second kappa shape index (κ2) is 3.16. The van der Waals surface area contributed by atoms with Crippen molar-refractivity contribution < 1.29 is 4.57 Å². The minimum atomic E-state index is 0.857. The van der Waals surface area contributed by atoms with Gasteiger partial charge in [-0.1, -0.05) is 11.3 Å². The third kappa shape index (κ3) is 1.09. The number of fused-ring (bicyclic) bond motifs is 7. The first-order valence-electron chi connectivity index (χ1n) is 5.99. The molecule has 6 heteroatoms. The summed E-state index contributed by atoms with van der Waals surface area (Å²) >= 11 is 1.76. The molecule has 0 radical (unpaired) electrons. The summed E-state index contributed by atoms with van der Waals surface area (Å²) in [7, 11) is 0. The summed E-state index contributed by atoms with van der Waals surface area (Å²) in [5, 5.41) is 1.26. The Kier molecular flexibility index (Phi) is 1.59. The van der Waals surface area contributed by atoms with Crippen molar-refractivity contribution in [2.24, 2.45) is 0 Å². The SMILES string of the molecule is c1cc2c(cn1)C[n+]1c-2sc2c1nc1ccncn12. The Balaban J connectivity index is 1.93. The van der Waals surface area contributed by atoms with Gasteiger partial charge in [0.05, 0.1) is 0 Å². The van der Waals surface area contributed by atoms with E-state index >= 15 is 0 Å². The van der Waals surface area contributed by atoms with Crippen LogP contribution in [0.25, 0.3) is 26.7 Å². The first kappa shape index (κ1) is 9.57. The largest absolute Gasteiger partial charge is 0.362 e. The summed E-state index contributed by atoms with van der Waals surface area (Å²) in [5.41, 5.74) is 4.52. The fourth-order valence-electron chi connectivity index (χ4n) is 2.66. The van der Waals surface area contributed by atoms with Gasteiger partial charge in [0.1, 0.15) is 12.9 Å². The molecule has 4 aromatic rings. The van der Waals surface area contributed by atoms with Crippen LogP contribution in [-0.2, 0) is 6.54 Å². The molecule has 0 saturated heterocycles. The van der Waals surface area contributed by atoms with Crippen LogP contribution >= 0.6 is 11.3 Å². The van der Waals surface area contributed by atoms with E-state index in [0.29, 0.717) is 0 Å². The molecule has 0 amide bonds. The van der Waals surface area contributed by atoms with Crippen molar-refractivity contribution in [3.8, 4) is 10.6 Å². The van der Waals surface area contributed by atoms with Gasteiger partial charge < -0.3 is 0 Å². The molecular formula is C13H8N5S+. The minimum absolute atomic E-state index is 0.857. The average Bonchev–Trinajstić information content (AvgIpc) is 3.07. The summed E-state index contributed by atoms with van der Waals surface area (Å²) in [6.07, 6.45) is 7.39. The van der Waals surface area contributed by atoms with Crippen LogP contribution in [0.4, 0.5) is 0 Å². The van der Waals surface area contributed by atoms with E-state index in [0.717, 1.165) is 22.7 Å². The number of rotatable bonds is 0. The molecule has 0 unspecified atom stereocenters. The second-order valence-electron chi connectivity index (χ2n) is 4.58. The first-order valence-corrected chi connectivity index (χ1v) is 6.81. The lowest BCUT2D eigenvalue weighted by molar-refractivity contribution is -0.643. The third-order valence-corrected chi connectivity index (χ3v) is 4.73. The van der Waals surface area contributed by atoms with Gasteiger partial charge in [0.2, 0.25) is 4.83 Å². The van der Waals surface area contributed by atoms with Crippen LogP contribution in [0.3, 0.4) is 0 Å². The standard InChI is InChI=1S/C13H8N5S/c1-3-14-5-8-6-17-11-13(19-12(17)9(1)8)18-7-15-4-2-10(18)16-11/h1-5,7H,6H2/q+1. The van der Waals surface area contributed by atoms with Gasteiger partial charge in [0.15, 0.2) is 5.01 Å². The molecule has 0 N–H and O–H groups in total. The smallest absolute Gasteiger partial charge is 0.264 e. The van der Waals surface area contributed by atoms with Crippen LogP contribution in [0, 0.1) is 0 Å². The number of hydrogen-bond acceptors (Lipinski definition) is 4. The van der Waals surface area contributed by atoms with E-state index in [2.05, 4.69) is 20.6 Å². The van der Waals surface area contributed by atoms with Crippen molar-refractivity contribution in [3.63, 3.8) is 0 Å². The Bertz CT molecular complexity index is 952. The second-order valence-corrected chi connectivity index (χ2v) is 5.55. The van der Waals surface area contributed by atoms with Crippen LogP contribution in [0.5, 0.6) is 0 Å². The van der Waals surface area contributed by atoms with Crippen molar-refractivity contribution in [1.82, 2.24) is 19.4 Å². The van der Waals surface area contributed by atoms with E-state index in [-0.39, 0.29) is 0 Å². The Labute approximate surface area is 111 Å². The van der Waals surface area contributed by atoms with Gasteiger partial charge in [0.25, 0.3) is 5.65 Å². The monoisotopic (exact) mass is 266 g/mol. The summed E-state index contributed by atoms with van der Waals surface area (Å²) in [6, 6.07) is 4.01. The lowest BCUT2D eigenvalue weighted by Gasteiger charge is -1.91. The van der Waals surface area contributed by atoms with E-state index in [9.17, 15) is 0 Å². The average molecular weight is 266 g/mol. The molecule has 4 aromatic heterocycles. The predicted molar refractivity (Wildman–Crippen MR) is 70.9 cm³/mol. The maximum absolute atomic E-state index is 4.71. The van der Waals surface area contributed by atoms with E-state index in [1.54, 1.807) is 17.5 Å². The highest BCUT2D eigenvalue weighted by atomic mass is 32.1. The van der Waals surface area contributed by atoms with Crippen LogP contribution < -0.4 is 4.57 Å². The maximum Gasteiger partial charge on any atom is 0.362 e. The lowest BCUT2D eigenvalue weighted by Crippen LogP contribution is -2.30. The molecule has 0 aliphatic carbocycles. The number of hydrogen-bond donors (Lipinski definition) is 0. The lowest BCUT2D eigenvalue weighted by atomic mass is 10.2. The molecule has 90 valence electrons. The summed E-state index contributed by atoms with van der Waals surface area (Å²) in [5.74, 6) is 0. The summed E-state index contributed by atoms with van der Waals surface area (Å²) in [4.78, 5) is 14.2. The van der Waals surface area contributed by atoms with Crippen molar-refractivity contribution in [2.45, 2.75) is 6.54 Å². The van der Waals surface area contributed by atoms with Gasteiger partial charge >= 0.3 is 5.65 Å². The van der Waals surface area contributed by atoms with Crippen LogP contribution in [-0.4, -0.2) is 19.4 Å². The van der Waals surface area contributed by atoms with E-state index in [4.69, 9.17) is 4.98 Å². The van der Waals surface area contributed by atoms with Gasteiger partial charge in [-0.3, -0.25) is 4.98 Å². The number of nitrogens with zero attached hydrogens (tertiary/aromatic N) is 5. The molecule has 1 aliphatic heterocycles. The van der Waals surface area contributed by atoms with Crippen molar-refractivity contribution in [2.75, 3.05) is 0 Å². The minimum Gasteiger partial charge on any atom is -0.264 e. The van der Waals surface area contributed by atoms with Gasteiger partial charge in [-0.05, 0) is 11.1 Å². The fraction of sp³-hybridized carbons (Fsp3) is 0.0769. The zero-order valence-electron chi connectivity index (χ0n) is 9.82. The summed E-state index contributed by atoms with van der Waals surface area (Å²) in [6.45, 7) is 0.857. The van der Waals surface area contributed by atoms with Gasteiger partial charge in [-0.15, -0.1) is 0 Å². The molecule has 0 fully saturated rings. The summed E-state index contributed by atoms with van der Waals surface area (Å²) < 4.78 is 4.31. The van der Waals surface area contributed by atoms with Gasteiger partial charge in [-0.2, -0.15) is 0 Å². The topological polar surface area (TPSA) is 47.0 Å². The van der Waals surface area contributed by atoms with E-state index in [1.807, 2.05) is 29.2 Å². The van der Waals surface area contributed by atoms with Crippen LogP contribution in [0.15, 0.2) is 37.1 Å². The molecule has 0 atom stereocenters. The molecule has 5 heterocycles. The van der Waals surface area contributed by atoms with Gasteiger partial charge in [-0.25, -0.2) is 14.0 Å². The number of aromatic nitrogens is 5. The molecule has 5 nitrogen and oxygen atoms in total. The Morgan fingerprint density at radius 1 is 1.21 bits per heavy atom. The zero-order valence-corrected chi connectivity index (χ0v) is 10.6. The molecule has 0 saturated carbocycles. The van der Waals surface area contributed by atoms with Crippen molar-refractivity contribution in [3.05, 3.63) is 42.6 Å². The zero-order chi connectivity index (χ0) is 12.4. The molecular weight excluding hydrogens is 258 g/mol. The van der Waals surface area contributed by atoms with Crippen LogP contribution in [0.2, 0.25) is 0 Å². The van der Waals surface area contributed by atoms with E-state index in [1.165, 1.54) is 16.1 Å². The fourth-order valence-corrected chi connectivity index (χ4v) is 3.90. The molecule has 0 spiro atoms. The Morgan fingerprint density at radius 3 is 3.16 bits per heavy atom. The van der Waals surface area contributed by atoms with Crippen LogP contribution in [0.1, 0.15) is 5.56 Å².